The van der Waals surface area contributed by atoms with E-state index in [0.29, 0.717) is 29.1 Å². The number of hydrogen-bond donors (Lipinski definition) is 1. The zero-order valence-corrected chi connectivity index (χ0v) is 14.3. The maximum absolute atomic E-state index is 14.4. The molecule has 0 bridgehead atoms. The van der Waals surface area contributed by atoms with Crippen LogP contribution in [0.3, 0.4) is 0 Å². The van der Waals surface area contributed by atoms with Crippen molar-refractivity contribution in [1.29, 1.82) is 0 Å². The molecule has 2 aromatic rings. The smallest absolute Gasteiger partial charge is 0.309 e. The Kier molecular flexibility index (Phi) is 3.88. The molecular weight excluding hydrogens is 343 g/mol. The molecule has 0 fully saturated rings. The van der Waals surface area contributed by atoms with Gasteiger partial charge in [-0.05, 0) is 30.5 Å². The summed E-state index contributed by atoms with van der Waals surface area (Å²) in [6.45, 7) is -0.0553. The minimum Gasteiger partial charge on any atom is -0.469 e. The molecule has 4 rings (SSSR count). The number of esters is 1. The molecule has 2 aliphatic rings. The van der Waals surface area contributed by atoms with Gasteiger partial charge in [0.2, 0.25) is 5.91 Å². The minimum absolute atomic E-state index is 0.0553. The molecule has 1 aromatic carbocycles. The molecule has 0 spiro atoms. The number of fused-ring (bicyclic) bond motifs is 3. The number of ether oxygens (including phenoxy) is 1. The number of nitrogens with one attached hydrogen (secondary N) is 1. The molecule has 0 radical (unpaired) electrons. The van der Waals surface area contributed by atoms with Gasteiger partial charge in [-0.25, -0.2) is 4.39 Å². The van der Waals surface area contributed by atoms with Gasteiger partial charge in [0.15, 0.2) is 0 Å². The van der Waals surface area contributed by atoms with Crippen LogP contribution in [0.1, 0.15) is 21.6 Å². The fourth-order valence-electron chi connectivity index (χ4n) is 3.38. The fourth-order valence-corrected chi connectivity index (χ4v) is 4.70. The van der Waals surface area contributed by atoms with Crippen molar-refractivity contribution in [1.82, 2.24) is 0 Å². The summed E-state index contributed by atoms with van der Waals surface area (Å²) in [6, 6.07) is 6.39. The van der Waals surface area contributed by atoms with Crippen LogP contribution in [-0.4, -0.2) is 31.2 Å². The topological polar surface area (TPSA) is 67.8 Å². The molecule has 1 amide bonds. The van der Waals surface area contributed by atoms with Gasteiger partial charge in [0.05, 0.1) is 18.7 Å². The van der Waals surface area contributed by atoms with Crippen molar-refractivity contribution in [2.45, 2.75) is 12.8 Å². The van der Waals surface area contributed by atoms with Crippen molar-refractivity contribution in [2.75, 3.05) is 19.0 Å². The summed E-state index contributed by atoms with van der Waals surface area (Å²) in [6.07, 6.45) is 1.08. The van der Waals surface area contributed by atoms with E-state index in [1.165, 1.54) is 24.5 Å². The average Bonchev–Trinajstić information content (AvgIpc) is 3.09. The van der Waals surface area contributed by atoms with E-state index in [2.05, 4.69) is 10.3 Å². The summed E-state index contributed by atoms with van der Waals surface area (Å²) in [5.74, 6) is -1.10. The number of rotatable bonds is 2. The van der Waals surface area contributed by atoms with E-state index in [1.54, 1.807) is 18.2 Å². The van der Waals surface area contributed by atoms with Crippen molar-refractivity contribution in [3.8, 4) is 0 Å². The van der Waals surface area contributed by atoms with Crippen molar-refractivity contribution >= 4 is 33.9 Å². The fraction of sp³-hybridized carbons (Fsp3) is 0.278. The summed E-state index contributed by atoms with van der Waals surface area (Å²) >= 11 is 1.43. The van der Waals surface area contributed by atoms with E-state index in [0.717, 1.165) is 16.0 Å². The standard InChI is InChI=1S/C18H15FN2O3S/c1-24-18(23)9-6-11-13(7-9)25-17-15(11)16(20-8-14(22)21-17)10-4-2-3-5-12(10)19/h2-5,9H,6-8H2,1H3,(H,21,22). The van der Waals surface area contributed by atoms with E-state index in [-0.39, 0.29) is 30.2 Å². The number of benzene rings is 1. The van der Waals surface area contributed by atoms with Gasteiger partial charge >= 0.3 is 5.97 Å². The third-order valence-corrected chi connectivity index (χ3v) is 5.68. The number of halogens is 1. The van der Waals surface area contributed by atoms with Gasteiger partial charge in [0.25, 0.3) is 0 Å². The number of hydrogen-bond acceptors (Lipinski definition) is 5. The lowest BCUT2D eigenvalue weighted by Crippen LogP contribution is -2.17. The monoisotopic (exact) mass is 358 g/mol. The molecule has 1 aromatic heterocycles. The maximum Gasteiger partial charge on any atom is 0.309 e. The Hall–Kier alpha value is -2.54. The predicted molar refractivity (Wildman–Crippen MR) is 92.8 cm³/mol. The Balaban J connectivity index is 1.85. The van der Waals surface area contributed by atoms with Gasteiger partial charge in [0, 0.05) is 16.0 Å². The molecule has 25 heavy (non-hydrogen) atoms. The molecule has 0 saturated heterocycles. The maximum atomic E-state index is 14.4. The highest BCUT2D eigenvalue weighted by molar-refractivity contribution is 7.17. The Labute approximate surface area is 147 Å². The first-order valence-electron chi connectivity index (χ1n) is 7.90. The summed E-state index contributed by atoms with van der Waals surface area (Å²) in [4.78, 5) is 29.3. The Morgan fingerprint density at radius 2 is 2.16 bits per heavy atom. The van der Waals surface area contributed by atoms with Gasteiger partial charge in [-0.15, -0.1) is 11.3 Å². The Morgan fingerprint density at radius 3 is 2.92 bits per heavy atom. The molecule has 5 nitrogen and oxygen atoms in total. The van der Waals surface area contributed by atoms with Crippen LogP contribution in [0.4, 0.5) is 9.39 Å². The highest BCUT2D eigenvalue weighted by atomic mass is 32.1. The number of aliphatic imine (C=N–C) groups is 1. The first-order chi connectivity index (χ1) is 12.1. The van der Waals surface area contributed by atoms with Crippen LogP contribution in [-0.2, 0) is 27.2 Å². The van der Waals surface area contributed by atoms with Crippen LogP contribution in [0.15, 0.2) is 29.3 Å². The van der Waals surface area contributed by atoms with Crippen molar-refractivity contribution in [3.05, 3.63) is 51.7 Å². The average molecular weight is 358 g/mol. The number of nitrogens with zero attached hydrogens (tertiary/aromatic N) is 1. The molecule has 1 atom stereocenters. The second-order valence-electron chi connectivity index (χ2n) is 6.03. The van der Waals surface area contributed by atoms with Gasteiger partial charge in [-0.2, -0.15) is 0 Å². The lowest BCUT2D eigenvalue weighted by Gasteiger charge is -2.11. The molecule has 1 N–H and O–H groups in total. The van der Waals surface area contributed by atoms with Crippen molar-refractivity contribution < 1.29 is 18.7 Å². The largest absolute Gasteiger partial charge is 0.469 e. The molecule has 7 heteroatoms. The van der Waals surface area contributed by atoms with Crippen LogP contribution in [0.25, 0.3) is 0 Å². The van der Waals surface area contributed by atoms with Crippen LogP contribution >= 0.6 is 11.3 Å². The third kappa shape index (κ3) is 2.64. The lowest BCUT2D eigenvalue weighted by atomic mass is 9.97. The zero-order valence-electron chi connectivity index (χ0n) is 13.5. The van der Waals surface area contributed by atoms with Crippen LogP contribution in [0, 0.1) is 11.7 Å². The molecule has 0 saturated carbocycles. The van der Waals surface area contributed by atoms with Gasteiger partial charge in [0.1, 0.15) is 17.4 Å². The summed E-state index contributed by atoms with van der Waals surface area (Å²) < 4.78 is 19.2. The number of carbonyl (C=O) groups excluding carboxylic acids is 2. The van der Waals surface area contributed by atoms with E-state index < -0.39 is 0 Å². The van der Waals surface area contributed by atoms with E-state index >= 15 is 0 Å². The van der Waals surface area contributed by atoms with E-state index in [4.69, 9.17) is 4.74 Å². The highest BCUT2D eigenvalue weighted by Crippen LogP contribution is 2.43. The van der Waals surface area contributed by atoms with Crippen molar-refractivity contribution in [2.24, 2.45) is 10.9 Å². The third-order valence-electron chi connectivity index (χ3n) is 4.51. The Bertz CT molecular complexity index is 919. The number of carbonyl (C=O) groups is 2. The van der Waals surface area contributed by atoms with E-state index in [1.807, 2.05) is 0 Å². The summed E-state index contributed by atoms with van der Waals surface area (Å²) in [5, 5.41) is 3.53. The number of amides is 1. The molecule has 128 valence electrons. The van der Waals surface area contributed by atoms with Crippen LogP contribution in [0.5, 0.6) is 0 Å². The zero-order chi connectivity index (χ0) is 17.6. The summed E-state index contributed by atoms with van der Waals surface area (Å²) in [5.41, 5.74) is 2.53. The number of anilines is 1. The molecule has 1 aliphatic carbocycles. The van der Waals surface area contributed by atoms with Gasteiger partial charge in [-0.1, -0.05) is 12.1 Å². The quantitative estimate of drug-likeness (QED) is 0.839. The lowest BCUT2D eigenvalue weighted by molar-refractivity contribution is -0.145. The van der Waals surface area contributed by atoms with Crippen molar-refractivity contribution in [3.63, 3.8) is 0 Å². The van der Waals surface area contributed by atoms with Gasteiger partial charge in [-0.3, -0.25) is 14.6 Å². The SMILES string of the molecule is COC(=O)C1Cc2sc3c(c2C1)C(c1ccccc1F)=NCC(=O)N3. The number of methoxy groups -OCH3 is 1. The Morgan fingerprint density at radius 1 is 1.36 bits per heavy atom. The van der Waals surface area contributed by atoms with E-state index in [9.17, 15) is 14.0 Å². The molecule has 1 unspecified atom stereocenters. The first-order valence-corrected chi connectivity index (χ1v) is 8.72. The first kappa shape index (κ1) is 16.0. The van der Waals surface area contributed by atoms with Crippen LogP contribution in [0.2, 0.25) is 0 Å². The summed E-state index contributed by atoms with van der Waals surface area (Å²) in [7, 11) is 1.38. The predicted octanol–water partition coefficient (Wildman–Crippen LogP) is 2.56. The second kappa shape index (κ2) is 6.07. The number of thiophene rings is 1. The molecule has 1 aliphatic heterocycles. The van der Waals surface area contributed by atoms with Gasteiger partial charge < -0.3 is 10.1 Å². The van der Waals surface area contributed by atoms with Crippen LogP contribution < -0.4 is 5.32 Å². The highest BCUT2D eigenvalue weighted by Gasteiger charge is 2.36. The molecule has 2 heterocycles. The minimum atomic E-state index is -0.385. The molecular formula is C18H15FN2O3S. The second-order valence-corrected chi connectivity index (χ2v) is 7.13. The normalized spacial score (nSPS) is 18.7.